The van der Waals surface area contributed by atoms with Crippen molar-refractivity contribution < 1.29 is 14.1 Å². The smallest absolute Gasteiger partial charge is 0.407 e. The number of rotatable bonds is 6. The lowest BCUT2D eigenvalue weighted by atomic mass is 10.1. The molecule has 1 saturated heterocycles. The number of piperidine rings is 1. The molecule has 0 spiro atoms. The fourth-order valence-corrected chi connectivity index (χ4v) is 3.23. The van der Waals surface area contributed by atoms with Crippen molar-refractivity contribution in [3.8, 4) is 0 Å². The number of oxazole rings is 1. The first-order chi connectivity index (χ1) is 12.4. The Balaban J connectivity index is 1.56. The number of nitro groups is 1. The summed E-state index contributed by atoms with van der Waals surface area (Å²) in [6, 6.07) is 4.29. The summed E-state index contributed by atoms with van der Waals surface area (Å²) in [6.45, 7) is 2.28. The number of benzene rings is 1. The van der Waals surface area contributed by atoms with E-state index in [9.17, 15) is 19.7 Å². The molecule has 0 unspecified atom stereocenters. The molecule has 1 aromatic heterocycles. The Hall–Kier alpha value is -2.68. The highest BCUT2D eigenvalue weighted by Crippen LogP contribution is 2.20. The molecule has 1 amide bonds. The zero-order valence-corrected chi connectivity index (χ0v) is 14.6. The Kier molecular flexibility index (Phi) is 5.36. The maximum Gasteiger partial charge on any atom is 0.419 e. The van der Waals surface area contributed by atoms with Gasteiger partial charge in [-0.25, -0.2) is 4.79 Å². The van der Waals surface area contributed by atoms with Gasteiger partial charge in [0.1, 0.15) is 0 Å². The van der Waals surface area contributed by atoms with Crippen LogP contribution in [0.5, 0.6) is 0 Å². The maximum absolute atomic E-state index is 12.1. The van der Waals surface area contributed by atoms with E-state index < -0.39 is 10.7 Å². The molecule has 0 aliphatic carbocycles. The lowest BCUT2D eigenvalue weighted by Crippen LogP contribution is -2.43. The third kappa shape index (κ3) is 4.10. The Morgan fingerprint density at radius 3 is 2.81 bits per heavy atom. The monoisotopic (exact) mass is 362 g/mol. The molecular weight excluding hydrogens is 340 g/mol. The molecule has 26 heavy (non-hydrogen) atoms. The molecule has 2 heterocycles. The highest BCUT2D eigenvalue weighted by molar-refractivity contribution is 5.77. The van der Waals surface area contributed by atoms with Crippen LogP contribution < -0.4 is 11.1 Å². The average Bonchev–Trinajstić information content (AvgIpc) is 2.91. The molecule has 0 bridgehead atoms. The van der Waals surface area contributed by atoms with Gasteiger partial charge in [-0.1, -0.05) is 0 Å². The minimum atomic E-state index is -0.573. The van der Waals surface area contributed by atoms with Crippen molar-refractivity contribution in [2.24, 2.45) is 0 Å². The summed E-state index contributed by atoms with van der Waals surface area (Å²) in [6.07, 6.45) is 2.71. The lowest BCUT2D eigenvalue weighted by Gasteiger charge is -2.29. The Bertz CT molecular complexity index is 864. The lowest BCUT2D eigenvalue weighted by molar-refractivity contribution is -0.384. The van der Waals surface area contributed by atoms with Crippen molar-refractivity contribution in [2.45, 2.75) is 38.3 Å². The zero-order chi connectivity index (χ0) is 18.7. The Morgan fingerprint density at radius 1 is 1.38 bits per heavy atom. The second-order valence-corrected chi connectivity index (χ2v) is 6.68. The molecule has 0 atom stereocenters. The van der Waals surface area contributed by atoms with Crippen molar-refractivity contribution in [3.05, 3.63) is 38.9 Å². The molecule has 1 N–H and O–H groups in total. The first-order valence-corrected chi connectivity index (χ1v) is 8.70. The van der Waals surface area contributed by atoms with Crippen LogP contribution in [0.1, 0.15) is 25.7 Å². The number of aryl methyl sites for hydroxylation is 1. The highest BCUT2D eigenvalue weighted by atomic mass is 16.6. The van der Waals surface area contributed by atoms with Crippen molar-refractivity contribution >= 4 is 22.7 Å². The molecule has 9 heteroatoms. The van der Waals surface area contributed by atoms with Crippen LogP contribution in [-0.2, 0) is 11.3 Å². The summed E-state index contributed by atoms with van der Waals surface area (Å²) in [7, 11) is 2.07. The van der Waals surface area contributed by atoms with Gasteiger partial charge >= 0.3 is 5.76 Å². The van der Waals surface area contributed by atoms with Gasteiger partial charge in [0, 0.05) is 25.1 Å². The molecule has 1 aromatic carbocycles. The summed E-state index contributed by atoms with van der Waals surface area (Å²) >= 11 is 0. The summed E-state index contributed by atoms with van der Waals surface area (Å²) in [5, 5.41) is 13.8. The molecule has 9 nitrogen and oxygen atoms in total. The van der Waals surface area contributed by atoms with Crippen LogP contribution in [0.4, 0.5) is 5.69 Å². The number of aromatic nitrogens is 1. The van der Waals surface area contributed by atoms with Crippen LogP contribution in [0.3, 0.4) is 0 Å². The van der Waals surface area contributed by atoms with Gasteiger partial charge in [0.15, 0.2) is 5.58 Å². The molecule has 1 aliphatic heterocycles. The van der Waals surface area contributed by atoms with Gasteiger partial charge in [0.2, 0.25) is 5.91 Å². The van der Waals surface area contributed by atoms with Crippen molar-refractivity contribution in [2.75, 3.05) is 20.1 Å². The number of carbonyl (C=O) groups is 1. The number of amides is 1. The number of carbonyl (C=O) groups excluding carboxylic acids is 1. The third-order valence-corrected chi connectivity index (χ3v) is 4.73. The Labute approximate surface area is 149 Å². The number of fused-ring (bicyclic) bond motifs is 1. The van der Waals surface area contributed by atoms with E-state index >= 15 is 0 Å². The number of likely N-dealkylation sites (tertiary alicyclic amines) is 1. The molecule has 0 saturated carbocycles. The van der Waals surface area contributed by atoms with Gasteiger partial charge < -0.3 is 14.6 Å². The fraction of sp³-hybridized carbons (Fsp3) is 0.529. The SMILES string of the molecule is CN1CCC(NC(=O)CCCn2c(=O)oc3cc([N+](=O)[O-])ccc32)CC1. The van der Waals surface area contributed by atoms with Crippen molar-refractivity contribution in [3.63, 3.8) is 0 Å². The van der Waals surface area contributed by atoms with Crippen molar-refractivity contribution in [1.82, 2.24) is 14.8 Å². The highest BCUT2D eigenvalue weighted by Gasteiger charge is 2.18. The number of non-ortho nitro benzene ring substituents is 1. The van der Waals surface area contributed by atoms with Crippen LogP contribution in [0, 0.1) is 10.1 Å². The number of nitrogens with one attached hydrogen (secondary N) is 1. The number of nitro benzene ring substituents is 1. The minimum Gasteiger partial charge on any atom is -0.407 e. The molecule has 1 fully saturated rings. The fourth-order valence-electron chi connectivity index (χ4n) is 3.23. The van der Waals surface area contributed by atoms with Crippen molar-refractivity contribution in [1.29, 1.82) is 0 Å². The van der Waals surface area contributed by atoms with E-state index in [1.54, 1.807) is 0 Å². The van der Waals surface area contributed by atoms with Gasteiger partial charge in [0.05, 0.1) is 16.5 Å². The summed E-state index contributed by atoms with van der Waals surface area (Å²) < 4.78 is 6.48. The topological polar surface area (TPSA) is 111 Å². The van der Waals surface area contributed by atoms with E-state index in [4.69, 9.17) is 4.42 Å². The summed E-state index contributed by atoms with van der Waals surface area (Å²) in [4.78, 5) is 36.5. The predicted molar refractivity (Wildman–Crippen MR) is 95.0 cm³/mol. The largest absolute Gasteiger partial charge is 0.419 e. The maximum atomic E-state index is 12.1. The normalized spacial score (nSPS) is 16.0. The second kappa shape index (κ2) is 7.69. The number of hydrogen-bond donors (Lipinski definition) is 1. The molecular formula is C17H22N4O5. The minimum absolute atomic E-state index is 0.0176. The third-order valence-electron chi connectivity index (χ3n) is 4.73. The first-order valence-electron chi connectivity index (χ1n) is 8.70. The van der Waals surface area contributed by atoms with E-state index in [1.165, 1.54) is 22.8 Å². The first kappa shape index (κ1) is 18.1. The predicted octanol–water partition coefficient (Wildman–Crippen LogP) is 1.49. The van der Waals surface area contributed by atoms with E-state index in [-0.39, 0.29) is 23.2 Å². The molecule has 2 aromatic rings. The zero-order valence-electron chi connectivity index (χ0n) is 14.6. The number of nitrogens with zero attached hydrogens (tertiary/aromatic N) is 3. The molecule has 140 valence electrons. The van der Waals surface area contributed by atoms with Crippen LogP contribution >= 0.6 is 0 Å². The van der Waals surface area contributed by atoms with Crippen LogP contribution in [0.25, 0.3) is 11.1 Å². The van der Waals surface area contributed by atoms with Gasteiger partial charge in [-0.3, -0.25) is 19.5 Å². The summed E-state index contributed by atoms with van der Waals surface area (Å²) in [5.74, 6) is -0.590. The van der Waals surface area contributed by atoms with Gasteiger partial charge in [-0.2, -0.15) is 0 Å². The molecule has 1 aliphatic rings. The van der Waals surface area contributed by atoms with Crippen LogP contribution in [0.15, 0.2) is 27.4 Å². The Morgan fingerprint density at radius 2 is 2.12 bits per heavy atom. The van der Waals surface area contributed by atoms with Gasteiger partial charge in [0.25, 0.3) is 5.69 Å². The molecule has 0 radical (unpaired) electrons. The van der Waals surface area contributed by atoms with Crippen LogP contribution in [-0.4, -0.2) is 46.5 Å². The van der Waals surface area contributed by atoms with E-state index in [0.29, 0.717) is 24.9 Å². The van der Waals surface area contributed by atoms with E-state index in [0.717, 1.165) is 25.9 Å². The quantitative estimate of drug-likeness (QED) is 0.616. The van der Waals surface area contributed by atoms with Crippen LogP contribution in [0.2, 0.25) is 0 Å². The number of hydrogen-bond acceptors (Lipinski definition) is 6. The van der Waals surface area contributed by atoms with Gasteiger partial charge in [-0.15, -0.1) is 0 Å². The van der Waals surface area contributed by atoms with E-state index in [2.05, 4.69) is 17.3 Å². The average molecular weight is 362 g/mol. The summed E-state index contributed by atoms with van der Waals surface area (Å²) in [5.41, 5.74) is 0.548. The van der Waals surface area contributed by atoms with E-state index in [1.807, 2.05) is 0 Å². The molecule has 3 rings (SSSR count). The van der Waals surface area contributed by atoms with Gasteiger partial charge in [-0.05, 0) is 45.5 Å². The standard InChI is InChI=1S/C17H22N4O5/c1-19-9-6-12(7-10-19)18-16(22)3-2-8-20-14-5-4-13(21(24)25)11-15(14)26-17(20)23/h4-5,11-12H,2-3,6-10H2,1H3,(H,18,22). The second-order valence-electron chi connectivity index (χ2n) is 6.68.